The second-order valence-corrected chi connectivity index (χ2v) is 3.03. The minimum Gasteiger partial charge on any atom is -0.387 e. The average Bonchev–Trinajstić information content (AvgIpc) is 2.07. The molecular formula is C7H12O6. The molecule has 3 unspecified atom stereocenters. The lowest BCUT2D eigenvalue weighted by molar-refractivity contribution is -0.274. The topological polar surface area (TPSA) is 107 Å². The van der Waals surface area contributed by atoms with Crippen LogP contribution in [-0.2, 0) is 9.53 Å². The fourth-order valence-electron chi connectivity index (χ4n) is 1.20. The largest absolute Gasteiger partial charge is 0.387 e. The lowest BCUT2D eigenvalue weighted by Crippen LogP contribution is -2.59. The first-order valence-corrected chi connectivity index (χ1v) is 3.83. The van der Waals surface area contributed by atoms with Crippen molar-refractivity contribution in [2.75, 3.05) is 0 Å². The minimum atomic E-state index is -1.65. The molecule has 76 valence electrons. The van der Waals surface area contributed by atoms with Crippen molar-refractivity contribution in [3.63, 3.8) is 0 Å². The highest BCUT2D eigenvalue weighted by Crippen LogP contribution is 2.20. The highest BCUT2D eigenvalue weighted by Gasteiger charge is 2.44. The summed E-state index contributed by atoms with van der Waals surface area (Å²) in [7, 11) is 0. The van der Waals surface area contributed by atoms with E-state index in [2.05, 4.69) is 4.74 Å². The molecule has 1 aliphatic heterocycles. The van der Waals surface area contributed by atoms with Crippen LogP contribution in [0.3, 0.4) is 0 Å². The quantitative estimate of drug-likeness (QED) is 0.362. The van der Waals surface area contributed by atoms with Gasteiger partial charge in [-0.15, -0.1) is 0 Å². The number of ketones is 1. The zero-order valence-electron chi connectivity index (χ0n) is 6.99. The van der Waals surface area contributed by atoms with Crippen molar-refractivity contribution in [3.8, 4) is 0 Å². The molecule has 0 bridgehead atoms. The second kappa shape index (κ2) is 3.69. The van der Waals surface area contributed by atoms with Crippen LogP contribution in [0.5, 0.6) is 0 Å². The van der Waals surface area contributed by atoms with Gasteiger partial charge in [-0.1, -0.05) is 0 Å². The third kappa shape index (κ3) is 1.87. The van der Waals surface area contributed by atoms with E-state index in [9.17, 15) is 9.90 Å². The van der Waals surface area contributed by atoms with Gasteiger partial charge in [-0.3, -0.25) is 4.79 Å². The van der Waals surface area contributed by atoms with Gasteiger partial charge in [0.25, 0.3) is 0 Å². The standard InChI is InChI=1S/C7H12O6/c1-2(8)6-4(10)3(9)5(11)7(12)13-6/h3-7,9-12H,1H3/t3-,4-,5?,6?,7?/m1/s1. The summed E-state index contributed by atoms with van der Waals surface area (Å²) in [5, 5.41) is 36.4. The Labute approximate surface area is 74.4 Å². The highest BCUT2D eigenvalue weighted by atomic mass is 16.6. The molecule has 1 fully saturated rings. The van der Waals surface area contributed by atoms with Crippen molar-refractivity contribution in [1.82, 2.24) is 0 Å². The SMILES string of the molecule is CC(=O)C1OC(O)C(O)[C@H](O)[C@H]1O. The van der Waals surface area contributed by atoms with Crippen LogP contribution in [0.4, 0.5) is 0 Å². The van der Waals surface area contributed by atoms with Gasteiger partial charge < -0.3 is 25.2 Å². The Balaban J connectivity index is 2.76. The molecule has 0 aromatic rings. The van der Waals surface area contributed by atoms with Crippen molar-refractivity contribution >= 4 is 5.78 Å². The van der Waals surface area contributed by atoms with Crippen LogP contribution >= 0.6 is 0 Å². The van der Waals surface area contributed by atoms with Gasteiger partial charge in [0.1, 0.15) is 24.4 Å². The van der Waals surface area contributed by atoms with Crippen molar-refractivity contribution < 1.29 is 30.0 Å². The van der Waals surface area contributed by atoms with Gasteiger partial charge in [0, 0.05) is 0 Å². The number of aliphatic hydroxyl groups excluding tert-OH is 4. The molecule has 1 saturated heterocycles. The van der Waals surface area contributed by atoms with Gasteiger partial charge in [0.2, 0.25) is 0 Å². The van der Waals surface area contributed by atoms with Crippen LogP contribution in [-0.4, -0.2) is 56.9 Å². The maximum absolute atomic E-state index is 10.8. The lowest BCUT2D eigenvalue weighted by Gasteiger charge is -2.37. The fourth-order valence-corrected chi connectivity index (χ4v) is 1.20. The third-order valence-electron chi connectivity index (χ3n) is 1.99. The molecule has 1 aliphatic rings. The predicted octanol–water partition coefficient (Wildman–Crippen LogP) is -2.62. The predicted molar refractivity (Wildman–Crippen MR) is 39.6 cm³/mol. The Morgan fingerprint density at radius 1 is 1.08 bits per heavy atom. The summed E-state index contributed by atoms with van der Waals surface area (Å²) in [6.45, 7) is 1.16. The minimum absolute atomic E-state index is 0.516. The van der Waals surface area contributed by atoms with Crippen LogP contribution in [0.15, 0.2) is 0 Å². The van der Waals surface area contributed by atoms with E-state index in [1.807, 2.05) is 0 Å². The second-order valence-electron chi connectivity index (χ2n) is 3.03. The number of ether oxygens (including phenoxy) is 1. The molecule has 1 rings (SSSR count). The number of hydrogen-bond donors (Lipinski definition) is 4. The van der Waals surface area contributed by atoms with Gasteiger partial charge >= 0.3 is 0 Å². The van der Waals surface area contributed by atoms with Crippen molar-refractivity contribution in [2.45, 2.75) is 37.6 Å². The Bertz CT molecular complexity index is 205. The number of aliphatic hydroxyl groups is 4. The molecule has 0 radical (unpaired) electrons. The summed E-state index contributed by atoms with van der Waals surface area (Å²) < 4.78 is 4.59. The number of carbonyl (C=O) groups excluding carboxylic acids is 1. The summed E-state index contributed by atoms with van der Waals surface area (Å²) >= 11 is 0. The van der Waals surface area contributed by atoms with Crippen molar-refractivity contribution in [1.29, 1.82) is 0 Å². The molecule has 0 aromatic heterocycles. The molecular weight excluding hydrogens is 180 g/mol. The number of hydrogen-bond acceptors (Lipinski definition) is 6. The average molecular weight is 192 g/mol. The molecule has 13 heavy (non-hydrogen) atoms. The Morgan fingerprint density at radius 3 is 2.08 bits per heavy atom. The molecule has 0 spiro atoms. The smallest absolute Gasteiger partial charge is 0.184 e. The summed E-state index contributed by atoms with van der Waals surface area (Å²) in [5.74, 6) is -0.516. The Morgan fingerprint density at radius 2 is 1.62 bits per heavy atom. The lowest BCUT2D eigenvalue weighted by atomic mass is 9.97. The highest BCUT2D eigenvalue weighted by molar-refractivity contribution is 5.81. The Hall–Kier alpha value is -0.530. The first-order chi connectivity index (χ1) is 5.95. The van der Waals surface area contributed by atoms with Gasteiger partial charge in [-0.25, -0.2) is 0 Å². The van der Waals surface area contributed by atoms with Crippen molar-refractivity contribution in [3.05, 3.63) is 0 Å². The van der Waals surface area contributed by atoms with Gasteiger partial charge in [0.05, 0.1) is 0 Å². The fraction of sp³-hybridized carbons (Fsp3) is 0.857. The number of carbonyl (C=O) groups is 1. The zero-order valence-corrected chi connectivity index (χ0v) is 6.99. The summed E-state index contributed by atoms with van der Waals surface area (Å²) in [6, 6.07) is 0. The Kier molecular flexibility index (Phi) is 2.99. The monoisotopic (exact) mass is 192 g/mol. The zero-order chi connectivity index (χ0) is 10.2. The molecule has 6 heteroatoms. The molecule has 1 heterocycles. The van der Waals surface area contributed by atoms with Gasteiger partial charge in [0.15, 0.2) is 12.1 Å². The summed E-state index contributed by atoms with van der Waals surface area (Å²) in [6.07, 6.45) is -7.60. The van der Waals surface area contributed by atoms with Crippen LogP contribution in [0.2, 0.25) is 0 Å². The van der Waals surface area contributed by atoms with E-state index in [4.69, 9.17) is 15.3 Å². The molecule has 4 N–H and O–H groups in total. The third-order valence-corrected chi connectivity index (χ3v) is 1.99. The molecule has 0 saturated carbocycles. The first kappa shape index (κ1) is 10.6. The van der Waals surface area contributed by atoms with E-state index in [-0.39, 0.29) is 0 Å². The number of Topliss-reactive ketones (excluding diaryl/α,β-unsaturated/α-hetero) is 1. The van der Waals surface area contributed by atoms with E-state index < -0.39 is 36.5 Å². The summed E-state index contributed by atoms with van der Waals surface area (Å²) in [4.78, 5) is 10.8. The maximum Gasteiger partial charge on any atom is 0.184 e. The van der Waals surface area contributed by atoms with E-state index in [0.29, 0.717) is 0 Å². The van der Waals surface area contributed by atoms with Crippen LogP contribution in [0.25, 0.3) is 0 Å². The van der Waals surface area contributed by atoms with E-state index in [1.54, 1.807) is 0 Å². The van der Waals surface area contributed by atoms with E-state index >= 15 is 0 Å². The molecule has 6 nitrogen and oxygen atoms in total. The first-order valence-electron chi connectivity index (χ1n) is 3.83. The molecule has 0 aliphatic carbocycles. The van der Waals surface area contributed by atoms with Crippen molar-refractivity contribution in [2.24, 2.45) is 0 Å². The normalized spacial score (nSPS) is 46.1. The summed E-state index contributed by atoms with van der Waals surface area (Å²) in [5.41, 5.74) is 0. The molecule has 0 amide bonds. The van der Waals surface area contributed by atoms with Gasteiger partial charge in [-0.2, -0.15) is 0 Å². The van der Waals surface area contributed by atoms with Crippen LogP contribution < -0.4 is 0 Å². The van der Waals surface area contributed by atoms with Gasteiger partial charge in [-0.05, 0) is 6.92 Å². The maximum atomic E-state index is 10.8. The molecule has 5 atom stereocenters. The molecule has 0 aromatic carbocycles. The van der Waals surface area contributed by atoms with E-state index in [0.717, 1.165) is 6.92 Å². The van der Waals surface area contributed by atoms with Crippen LogP contribution in [0.1, 0.15) is 6.92 Å². The van der Waals surface area contributed by atoms with E-state index in [1.165, 1.54) is 0 Å². The number of rotatable bonds is 1. The van der Waals surface area contributed by atoms with Crippen LogP contribution in [0, 0.1) is 0 Å².